The van der Waals surface area contributed by atoms with E-state index in [2.05, 4.69) is 30.9 Å². The zero-order chi connectivity index (χ0) is 16.0. The Bertz CT molecular complexity index is 583. The fourth-order valence-corrected chi connectivity index (χ4v) is 5.83. The van der Waals surface area contributed by atoms with Gasteiger partial charge in [-0.1, -0.05) is 39.2 Å². The molecule has 2 fully saturated rings. The second kappa shape index (κ2) is 5.81. The van der Waals surface area contributed by atoms with Gasteiger partial charge in [-0.15, -0.1) is 0 Å². The maximum atomic E-state index is 10.1. The lowest BCUT2D eigenvalue weighted by molar-refractivity contribution is -0.0176. The van der Waals surface area contributed by atoms with Crippen LogP contribution < -0.4 is 0 Å². The summed E-state index contributed by atoms with van der Waals surface area (Å²) in [6.07, 6.45) is 9.25. The van der Waals surface area contributed by atoms with Crippen LogP contribution in [-0.2, 0) is 11.8 Å². The van der Waals surface area contributed by atoms with Crippen molar-refractivity contribution in [1.82, 2.24) is 4.90 Å². The summed E-state index contributed by atoms with van der Waals surface area (Å²) >= 11 is 0. The Morgan fingerprint density at radius 1 is 1.30 bits per heavy atom. The molecule has 1 saturated heterocycles. The van der Waals surface area contributed by atoms with E-state index in [4.69, 9.17) is 0 Å². The molecular formula is C21H31NO. The Labute approximate surface area is 140 Å². The summed E-state index contributed by atoms with van der Waals surface area (Å²) in [5.41, 5.74) is 3.38. The highest BCUT2D eigenvalue weighted by atomic mass is 16.3. The fourth-order valence-electron chi connectivity index (χ4n) is 5.83. The van der Waals surface area contributed by atoms with Crippen LogP contribution in [0.3, 0.4) is 0 Å². The first-order valence-corrected chi connectivity index (χ1v) is 9.70. The molecule has 23 heavy (non-hydrogen) atoms. The molecule has 0 spiro atoms. The molecule has 126 valence electrons. The van der Waals surface area contributed by atoms with Crippen molar-refractivity contribution in [3.63, 3.8) is 0 Å². The lowest BCUT2D eigenvalue weighted by atomic mass is 9.52. The number of phenols is 1. The SMILES string of the molecule is CCC(C)CN1CC[C@]23CCCC[C@H]2[C@H]1Cc1ccc(O)cc13. The summed E-state index contributed by atoms with van der Waals surface area (Å²) in [7, 11) is 0. The molecule has 1 aromatic carbocycles. The Hall–Kier alpha value is -1.02. The molecule has 4 rings (SSSR count). The van der Waals surface area contributed by atoms with E-state index in [9.17, 15) is 5.11 Å². The number of nitrogens with zero attached hydrogens (tertiary/aromatic N) is 1. The average molecular weight is 313 g/mol. The van der Waals surface area contributed by atoms with Crippen LogP contribution in [0.5, 0.6) is 5.75 Å². The van der Waals surface area contributed by atoms with Crippen LogP contribution in [-0.4, -0.2) is 29.1 Å². The first-order valence-electron chi connectivity index (χ1n) is 9.70. The minimum atomic E-state index is 0.362. The second-order valence-corrected chi connectivity index (χ2v) is 8.38. The van der Waals surface area contributed by atoms with E-state index < -0.39 is 0 Å². The number of hydrogen-bond donors (Lipinski definition) is 1. The lowest BCUT2D eigenvalue weighted by Gasteiger charge is -2.59. The molecule has 2 heteroatoms. The summed E-state index contributed by atoms with van der Waals surface area (Å²) in [4.78, 5) is 2.82. The lowest BCUT2D eigenvalue weighted by Crippen LogP contribution is -2.61. The van der Waals surface area contributed by atoms with E-state index in [-0.39, 0.29) is 0 Å². The van der Waals surface area contributed by atoms with Crippen LogP contribution in [0.1, 0.15) is 63.5 Å². The maximum absolute atomic E-state index is 10.1. The number of hydrogen-bond acceptors (Lipinski definition) is 2. The van der Waals surface area contributed by atoms with Gasteiger partial charge in [0.05, 0.1) is 0 Å². The molecule has 1 saturated carbocycles. The fraction of sp³-hybridized carbons (Fsp3) is 0.714. The quantitative estimate of drug-likeness (QED) is 0.888. The Morgan fingerprint density at radius 2 is 2.17 bits per heavy atom. The van der Waals surface area contributed by atoms with Crippen molar-refractivity contribution in [1.29, 1.82) is 0 Å². The highest BCUT2D eigenvalue weighted by molar-refractivity contribution is 5.45. The van der Waals surface area contributed by atoms with Crippen molar-refractivity contribution in [3.05, 3.63) is 29.3 Å². The highest BCUT2D eigenvalue weighted by Gasteiger charge is 2.53. The van der Waals surface area contributed by atoms with Gasteiger partial charge < -0.3 is 5.11 Å². The monoisotopic (exact) mass is 313 g/mol. The Balaban J connectivity index is 1.73. The van der Waals surface area contributed by atoms with Gasteiger partial charge in [0.1, 0.15) is 5.75 Å². The zero-order valence-corrected chi connectivity index (χ0v) is 14.7. The van der Waals surface area contributed by atoms with Crippen LogP contribution in [0, 0.1) is 11.8 Å². The summed E-state index contributed by atoms with van der Waals surface area (Å²) in [5.74, 6) is 2.07. The smallest absolute Gasteiger partial charge is 0.115 e. The number of benzene rings is 1. The van der Waals surface area contributed by atoms with E-state index >= 15 is 0 Å². The number of rotatable bonds is 3. The van der Waals surface area contributed by atoms with Gasteiger partial charge in [-0.05, 0) is 67.3 Å². The van der Waals surface area contributed by atoms with Crippen molar-refractivity contribution in [2.45, 2.75) is 70.3 Å². The molecule has 2 aliphatic carbocycles. The van der Waals surface area contributed by atoms with Gasteiger partial charge in [-0.3, -0.25) is 4.90 Å². The van der Waals surface area contributed by atoms with E-state index in [1.165, 1.54) is 69.2 Å². The molecule has 1 heterocycles. The molecule has 4 atom stereocenters. The molecule has 2 nitrogen and oxygen atoms in total. The highest BCUT2D eigenvalue weighted by Crippen LogP contribution is 2.56. The maximum Gasteiger partial charge on any atom is 0.115 e. The molecule has 1 unspecified atom stereocenters. The first-order chi connectivity index (χ1) is 11.1. The average Bonchev–Trinajstić information content (AvgIpc) is 2.57. The summed E-state index contributed by atoms with van der Waals surface area (Å²) in [6, 6.07) is 6.94. The molecule has 0 radical (unpaired) electrons. The van der Waals surface area contributed by atoms with Gasteiger partial charge in [-0.2, -0.15) is 0 Å². The van der Waals surface area contributed by atoms with Crippen molar-refractivity contribution in [2.75, 3.05) is 13.1 Å². The predicted molar refractivity (Wildman–Crippen MR) is 94.9 cm³/mol. The minimum absolute atomic E-state index is 0.362. The summed E-state index contributed by atoms with van der Waals surface area (Å²) in [5, 5.41) is 10.1. The molecule has 1 aromatic rings. The largest absolute Gasteiger partial charge is 0.508 e. The van der Waals surface area contributed by atoms with Gasteiger partial charge in [0.25, 0.3) is 0 Å². The van der Waals surface area contributed by atoms with Crippen molar-refractivity contribution < 1.29 is 5.11 Å². The molecule has 1 N–H and O–H groups in total. The third-order valence-corrected chi connectivity index (χ3v) is 7.18. The number of likely N-dealkylation sites (tertiary alicyclic amines) is 1. The first kappa shape index (κ1) is 15.5. The molecule has 3 aliphatic rings. The van der Waals surface area contributed by atoms with E-state index in [0.717, 1.165) is 17.9 Å². The third kappa shape index (κ3) is 2.41. The van der Waals surface area contributed by atoms with Crippen molar-refractivity contribution in [2.24, 2.45) is 11.8 Å². The van der Waals surface area contributed by atoms with Gasteiger partial charge >= 0.3 is 0 Å². The molecular weight excluding hydrogens is 282 g/mol. The van der Waals surface area contributed by atoms with Gasteiger partial charge in [0.15, 0.2) is 0 Å². The number of aromatic hydroxyl groups is 1. The summed E-state index contributed by atoms with van der Waals surface area (Å²) < 4.78 is 0. The summed E-state index contributed by atoms with van der Waals surface area (Å²) in [6.45, 7) is 7.23. The molecule has 2 bridgehead atoms. The zero-order valence-electron chi connectivity index (χ0n) is 14.7. The van der Waals surface area contributed by atoms with Gasteiger partial charge in [-0.25, -0.2) is 0 Å². The number of fused-ring (bicyclic) bond motifs is 1. The van der Waals surface area contributed by atoms with Crippen molar-refractivity contribution >= 4 is 0 Å². The van der Waals surface area contributed by atoms with Crippen LogP contribution >= 0.6 is 0 Å². The minimum Gasteiger partial charge on any atom is -0.508 e. The van der Waals surface area contributed by atoms with Gasteiger partial charge in [0, 0.05) is 18.0 Å². The number of piperidine rings is 1. The van der Waals surface area contributed by atoms with Crippen LogP contribution in [0.4, 0.5) is 0 Å². The van der Waals surface area contributed by atoms with Crippen LogP contribution in [0.2, 0.25) is 0 Å². The van der Waals surface area contributed by atoms with Crippen LogP contribution in [0.15, 0.2) is 18.2 Å². The van der Waals surface area contributed by atoms with E-state index in [1.807, 2.05) is 6.07 Å². The molecule has 0 aromatic heterocycles. The van der Waals surface area contributed by atoms with Crippen LogP contribution in [0.25, 0.3) is 0 Å². The number of phenolic OH excluding ortho intramolecular Hbond substituents is 1. The molecule has 1 aliphatic heterocycles. The topological polar surface area (TPSA) is 23.5 Å². The van der Waals surface area contributed by atoms with Crippen molar-refractivity contribution in [3.8, 4) is 5.75 Å². The Morgan fingerprint density at radius 3 is 3.00 bits per heavy atom. The third-order valence-electron chi connectivity index (χ3n) is 7.18. The molecule has 0 amide bonds. The standard InChI is InChI=1S/C21H31NO/c1-3-15(2)14-22-11-10-21-9-5-4-6-18(21)20(22)12-16-7-8-17(23)13-19(16)21/h7-8,13,15,18,20,23H,3-6,9-12,14H2,1-2H3/t15?,18-,20+,21+/m0/s1. The predicted octanol–water partition coefficient (Wildman–Crippen LogP) is 4.50. The van der Waals surface area contributed by atoms with Gasteiger partial charge in [0.2, 0.25) is 0 Å². The van der Waals surface area contributed by atoms with E-state index in [0.29, 0.717) is 11.2 Å². The second-order valence-electron chi connectivity index (χ2n) is 8.38. The Kier molecular flexibility index (Phi) is 3.91. The van der Waals surface area contributed by atoms with E-state index in [1.54, 1.807) is 0 Å². The normalized spacial score (nSPS) is 34.5.